The Bertz CT molecular complexity index is 1160. The third-order valence-electron chi connectivity index (χ3n) is 4.51. The summed E-state index contributed by atoms with van der Waals surface area (Å²) in [4.78, 5) is 12.5. The van der Waals surface area contributed by atoms with Crippen LogP contribution in [0.15, 0.2) is 88.5 Å². The second-order valence-corrected chi connectivity index (χ2v) is 8.37. The lowest BCUT2D eigenvalue weighted by Crippen LogP contribution is -2.07. The van der Waals surface area contributed by atoms with E-state index in [4.69, 9.17) is 0 Å². The summed E-state index contributed by atoms with van der Waals surface area (Å²) in [6.45, 7) is 0.581. The van der Waals surface area contributed by atoms with Crippen molar-refractivity contribution in [2.45, 2.75) is 11.7 Å². The van der Waals surface area contributed by atoms with Crippen molar-refractivity contribution in [3.63, 3.8) is 0 Å². The van der Waals surface area contributed by atoms with E-state index in [1.807, 2.05) is 59.2 Å². The van der Waals surface area contributed by atoms with E-state index in [1.165, 1.54) is 36.0 Å². The fourth-order valence-corrected chi connectivity index (χ4v) is 4.29. The van der Waals surface area contributed by atoms with Crippen molar-refractivity contribution in [2.24, 2.45) is 0 Å². The molecule has 4 nitrogen and oxygen atoms in total. The fraction of sp³-hybridized carbons (Fsp3) is 0.0870. The topological polar surface area (TPSA) is 47.8 Å². The molecule has 1 heterocycles. The van der Waals surface area contributed by atoms with Gasteiger partial charge in [0, 0.05) is 15.6 Å². The first-order valence-corrected chi connectivity index (χ1v) is 11.0. The molecule has 0 amide bonds. The summed E-state index contributed by atoms with van der Waals surface area (Å²) >= 11 is 4.91. The van der Waals surface area contributed by atoms with Gasteiger partial charge >= 0.3 is 0 Å². The maximum absolute atomic E-state index is 13.1. The molecule has 0 saturated heterocycles. The SMILES string of the molecule is O=C(CSc1nnc(-c2ccccc2Br)n1Cc1ccccc1)c1ccc(F)cc1. The van der Waals surface area contributed by atoms with E-state index >= 15 is 0 Å². The van der Waals surface area contributed by atoms with Crippen molar-refractivity contribution in [3.05, 3.63) is 100 Å². The number of halogens is 2. The molecule has 0 bridgehead atoms. The van der Waals surface area contributed by atoms with Crippen molar-refractivity contribution in [2.75, 3.05) is 5.75 Å². The van der Waals surface area contributed by atoms with Crippen LogP contribution in [0.4, 0.5) is 4.39 Å². The second kappa shape index (κ2) is 9.36. The van der Waals surface area contributed by atoms with Crippen molar-refractivity contribution in [1.82, 2.24) is 14.8 Å². The lowest BCUT2D eigenvalue weighted by Gasteiger charge is -2.11. The number of aromatic nitrogens is 3. The molecule has 0 radical (unpaired) electrons. The van der Waals surface area contributed by atoms with E-state index in [0.717, 1.165) is 21.4 Å². The van der Waals surface area contributed by atoms with Crippen molar-refractivity contribution < 1.29 is 9.18 Å². The number of rotatable bonds is 7. The smallest absolute Gasteiger partial charge is 0.192 e. The summed E-state index contributed by atoms with van der Waals surface area (Å²) in [6.07, 6.45) is 0. The molecule has 0 unspecified atom stereocenters. The Morgan fingerprint density at radius 1 is 0.933 bits per heavy atom. The van der Waals surface area contributed by atoms with Gasteiger partial charge in [-0.2, -0.15) is 0 Å². The number of ketones is 1. The molecule has 1 aromatic heterocycles. The van der Waals surface area contributed by atoms with Crippen LogP contribution in [0.3, 0.4) is 0 Å². The normalized spacial score (nSPS) is 10.9. The highest BCUT2D eigenvalue weighted by Crippen LogP contribution is 2.30. The third-order valence-corrected chi connectivity index (χ3v) is 6.17. The van der Waals surface area contributed by atoms with Gasteiger partial charge in [0.15, 0.2) is 16.8 Å². The molecule has 0 atom stereocenters. The van der Waals surface area contributed by atoms with Crippen LogP contribution in [-0.4, -0.2) is 26.3 Å². The standard InChI is InChI=1S/C23H17BrFN3OS/c24-20-9-5-4-8-19(20)22-26-27-23(28(22)14-16-6-2-1-3-7-16)30-15-21(29)17-10-12-18(25)13-11-17/h1-13H,14-15H2. The minimum Gasteiger partial charge on any atom is -0.298 e. The average molecular weight is 482 g/mol. The Kier molecular flexibility index (Phi) is 6.40. The molecule has 7 heteroatoms. The van der Waals surface area contributed by atoms with Crippen LogP contribution >= 0.6 is 27.7 Å². The van der Waals surface area contributed by atoms with Crippen LogP contribution in [0.1, 0.15) is 15.9 Å². The molecule has 0 spiro atoms. The van der Waals surface area contributed by atoms with Gasteiger partial charge < -0.3 is 0 Å². The van der Waals surface area contributed by atoms with E-state index in [-0.39, 0.29) is 17.4 Å². The molecular weight excluding hydrogens is 465 g/mol. The highest BCUT2D eigenvalue weighted by Gasteiger charge is 2.18. The number of hydrogen-bond donors (Lipinski definition) is 0. The van der Waals surface area contributed by atoms with Crippen LogP contribution in [0.25, 0.3) is 11.4 Å². The Morgan fingerprint density at radius 3 is 2.37 bits per heavy atom. The Hall–Kier alpha value is -2.77. The largest absolute Gasteiger partial charge is 0.298 e. The van der Waals surface area contributed by atoms with Crippen LogP contribution in [0.5, 0.6) is 0 Å². The maximum atomic E-state index is 13.1. The summed E-state index contributed by atoms with van der Waals surface area (Å²) < 4.78 is 16.0. The van der Waals surface area contributed by atoms with Gasteiger partial charge in [0.2, 0.25) is 0 Å². The van der Waals surface area contributed by atoms with Crippen molar-refractivity contribution in [3.8, 4) is 11.4 Å². The lowest BCUT2D eigenvalue weighted by atomic mass is 10.1. The zero-order valence-electron chi connectivity index (χ0n) is 15.8. The number of nitrogens with zero attached hydrogens (tertiary/aromatic N) is 3. The van der Waals surface area contributed by atoms with Gasteiger partial charge in [-0.3, -0.25) is 9.36 Å². The number of hydrogen-bond acceptors (Lipinski definition) is 4. The number of benzene rings is 3. The van der Waals surface area contributed by atoms with Crippen LogP contribution < -0.4 is 0 Å². The first kappa shape index (κ1) is 20.5. The predicted molar refractivity (Wildman–Crippen MR) is 120 cm³/mol. The molecule has 4 rings (SSSR count). The monoisotopic (exact) mass is 481 g/mol. The predicted octanol–water partition coefficient (Wildman–Crippen LogP) is 5.87. The first-order chi connectivity index (χ1) is 14.6. The summed E-state index contributed by atoms with van der Waals surface area (Å²) in [5, 5.41) is 9.41. The molecule has 0 saturated carbocycles. The molecule has 150 valence electrons. The minimum absolute atomic E-state index is 0.0864. The van der Waals surface area contributed by atoms with Gasteiger partial charge in [0.05, 0.1) is 12.3 Å². The van der Waals surface area contributed by atoms with E-state index in [2.05, 4.69) is 26.1 Å². The lowest BCUT2D eigenvalue weighted by molar-refractivity contribution is 0.102. The van der Waals surface area contributed by atoms with Crippen LogP contribution in [-0.2, 0) is 6.54 Å². The van der Waals surface area contributed by atoms with E-state index in [0.29, 0.717) is 17.3 Å². The van der Waals surface area contributed by atoms with Gasteiger partial charge in [-0.1, -0.05) is 76.2 Å². The Morgan fingerprint density at radius 2 is 1.63 bits per heavy atom. The van der Waals surface area contributed by atoms with E-state index < -0.39 is 0 Å². The summed E-state index contributed by atoms with van der Waals surface area (Å²) in [5.74, 6) is 0.466. The summed E-state index contributed by atoms with van der Waals surface area (Å²) in [7, 11) is 0. The third kappa shape index (κ3) is 4.68. The molecule has 0 aliphatic rings. The van der Waals surface area contributed by atoms with E-state index in [9.17, 15) is 9.18 Å². The van der Waals surface area contributed by atoms with Gasteiger partial charge in [-0.25, -0.2) is 4.39 Å². The molecule has 4 aromatic rings. The second-order valence-electron chi connectivity index (χ2n) is 6.58. The summed E-state index contributed by atoms with van der Waals surface area (Å²) in [5.41, 5.74) is 2.51. The number of carbonyl (C=O) groups excluding carboxylic acids is 1. The molecule has 30 heavy (non-hydrogen) atoms. The van der Waals surface area contributed by atoms with E-state index in [1.54, 1.807) is 0 Å². The number of thioether (sulfide) groups is 1. The van der Waals surface area contributed by atoms with Gasteiger partial charge in [0.1, 0.15) is 5.82 Å². The molecule has 0 N–H and O–H groups in total. The molecule has 0 aliphatic heterocycles. The minimum atomic E-state index is -0.361. The van der Waals surface area contributed by atoms with Gasteiger partial charge in [-0.15, -0.1) is 10.2 Å². The fourth-order valence-electron chi connectivity index (χ4n) is 3.00. The quantitative estimate of drug-likeness (QED) is 0.244. The zero-order chi connectivity index (χ0) is 20.9. The Labute approximate surface area is 186 Å². The number of Topliss-reactive ketones (excluding diaryl/α,β-unsaturated/α-hetero) is 1. The maximum Gasteiger partial charge on any atom is 0.192 e. The van der Waals surface area contributed by atoms with Crippen LogP contribution in [0.2, 0.25) is 0 Å². The molecule has 0 aliphatic carbocycles. The number of carbonyl (C=O) groups is 1. The average Bonchev–Trinajstić information content (AvgIpc) is 3.15. The van der Waals surface area contributed by atoms with Gasteiger partial charge in [0.25, 0.3) is 0 Å². The van der Waals surface area contributed by atoms with Crippen molar-refractivity contribution >= 4 is 33.5 Å². The molecule has 3 aromatic carbocycles. The molecular formula is C23H17BrFN3OS. The first-order valence-electron chi connectivity index (χ1n) is 9.25. The Balaban J connectivity index is 1.63. The highest BCUT2D eigenvalue weighted by molar-refractivity contribution is 9.10. The zero-order valence-corrected chi connectivity index (χ0v) is 18.2. The summed E-state index contributed by atoms with van der Waals surface area (Å²) in [6, 6.07) is 23.5. The van der Waals surface area contributed by atoms with Gasteiger partial charge in [-0.05, 0) is 35.9 Å². The van der Waals surface area contributed by atoms with Crippen LogP contribution in [0, 0.1) is 5.82 Å². The highest BCUT2D eigenvalue weighted by atomic mass is 79.9. The molecule has 0 fully saturated rings. The van der Waals surface area contributed by atoms with Crippen molar-refractivity contribution in [1.29, 1.82) is 0 Å².